The first-order valence-electron chi connectivity index (χ1n) is 6.20. The second kappa shape index (κ2) is 4.65. The van der Waals surface area contributed by atoms with E-state index in [9.17, 15) is 0 Å². The molecule has 0 fully saturated rings. The Bertz CT molecular complexity index is 683. The molecule has 0 saturated carbocycles. The predicted molar refractivity (Wildman–Crippen MR) is 76.3 cm³/mol. The van der Waals surface area contributed by atoms with Gasteiger partial charge in [-0.15, -0.1) is 0 Å². The monoisotopic (exact) mass is 272 g/mol. The molecule has 0 N–H and O–H groups in total. The average Bonchev–Trinajstić information content (AvgIpc) is 2.89. The summed E-state index contributed by atoms with van der Waals surface area (Å²) in [4.78, 5) is 2.86. The largest absolute Gasteiger partial charge is 0.347 e. The standard InChI is InChI=1S/C14H13ClN4/c1-9(17-18-16)8-19-5-4-10-6-11-7-12(15)2-3-13(11)14(10)19/h2-5,7,9H,6,8H2,1H3. The first-order valence-corrected chi connectivity index (χ1v) is 6.58. The van der Waals surface area contributed by atoms with Crippen LogP contribution in [0, 0.1) is 0 Å². The van der Waals surface area contributed by atoms with E-state index in [2.05, 4.69) is 32.9 Å². The lowest BCUT2D eigenvalue weighted by atomic mass is 10.1. The van der Waals surface area contributed by atoms with E-state index in [-0.39, 0.29) is 6.04 Å². The molecule has 0 radical (unpaired) electrons. The van der Waals surface area contributed by atoms with Gasteiger partial charge in [0.2, 0.25) is 0 Å². The van der Waals surface area contributed by atoms with Gasteiger partial charge in [-0.3, -0.25) is 0 Å². The van der Waals surface area contributed by atoms with Crippen molar-refractivity contribution in [3.63, 3.8) is 0 Å². The minimum absolute atomic E-state index is 0.0575. The van der Waals surface area contributed by atoms with Gasteiger partial charge in [-0.2, -0.15) is 0 Å². The van der Waals surface area contributed by atoms with Gasteiger partial charge < -0.3 is 4.57 Å². The fraction of sp³-hybridized carbons (Fsp3) is 0.286. The van der Waals surface area contributed by atoms with Crippen LogP contribution < -0.4 is 0 Å². The zero-order valence-corrected chi connectivity index (χ0v) is 11.3. The maximum atomic E-state index is 8.48. The summed E-state index contributed by atoms with van der Waals surface area (Å²) in [6.45, 7) is 2.62. The zero-order chi connectivity index (χ0) is 13.4. The Morgan fingerprint density at radius 3 is 3.05 bits per heavy atom. The first-order chi connectivity index (χ1) is 9.19. The lowest BCUT2D eigenvalue weighted by Crippen LogP contribution is -2.09. The predicted octanol–water partition coefficient (Wildman–Crippen LogP) is 4.41. The Balaban J connectivity index is 2.00. The Hall–Kier alpha value is -1.90. The van der Waals surface area contributed by atoms with Gasteiger partial charge in [0.05, 0.1) is 11.7 Å². The van der Waals surface area contributed by atoms with Gasteiger partial charge in [-0.05, 0) is 34.9 Å². The Morgan fingerprint density at radius 1 is 1.42 bits per heavy atom. The molecule has 1 unspecified atom stereocenters. The van der Waals surface area contributed by atoms with E-state index < -0.39 is 0 Å². The number of aromatic nitrogens is 1. The number of hydrogen-bond donors (Lipinski definition) is 0. The highest BCUT2D eigenvalue weighted by Crippen LogP contribution is 2.38. The fourth-order valence-electron chi connectivity index (χ4n) is 2.69. The van der Waals surface area contributed by atoms with Gasteiger partial charge in [0.1, 0.15) is 0 Å². The number of benzene rings is 1. The molecule has 96 valence electrons. The average molecular weight is 273 g/mol. The Labute approximate surface area is 116 Å². The van der Waals surface area contributed by atoms with Crippen LogP contribution in [0.5, 0.6) is 0 Å². The molecule has 2 aromatic rings. The van der Waals surface area contributed by atoms with Crippen molar-refractivity contribution in [2.24, 2.45) is 5.11 Å². The van der Waals surface area contributed by atoms with Crippen LogP contribution in [-0.4, -0.2) is 10.6 Å². The summed E-state index contributed by atoms with van der Waals surface area (Å²) in [6, 6.07) is 8.09. The summed E-state index contributed by atoms with van der Waals surface area (Å²) in [5.41, 5.74) is 13.5. The molecule has 1 aromatic carbocycles. The molecular formula is C14H13ClN4. The molecule has 1 heterocycles. The van der Waals surface area contributed by atoms with Crippen LogP contribution in [0.3, 0.4) is 0 Å². The number of nitrogens with zero attached hydrogens (tertiary/aromatic N) is 4. The van der Waals surface area contributed by atoms with E-state index in [4.69, 9.17) is 17.1 Å². The molecule has 1 atom stereocenters. The maximum Gasteiger partial charge on any atom is 0.0525 e. The number of hydrogen-bond acceptors (Lipinski definition) is 1. The van der Waals surface area contributed by atoms with Crippen molar-refractivity contribution in [1.29, 1.82) is 0 Å². The summed E-state index contributed by atoms with van der Waals surface area (Å²) >= 11 is 6.04. The second-order valence-electron chi connectivity index (χ2n) is 4.87. The van der Waals surface area contributed by atoms with E-state index in [0.29, 0.717) is 6.54 Å². The molecule has 4 nitrogen and oxygen atoms in total. The van der Waals surface area contributed by atoms with Crippen LogP contribution in [0.4, 0.5) is 0 Å². The van der Waals surface area contributed by atoms with Crippen LogP contribution in [0.1, 0.15) is 18.1 Å². The third-order valence-electron chi connectivity index (χ3n) is 3.46. The van der Waals surface area contributed by atoms with Crippen molar-refractivity contribution >= 4 is 11.6 Å². The molecule has 1 aromatic heterocycles. The van der Waals surface area contributed by atoms with Crippen LogP contribution in [0.25, 0.3) is 21.7 Å². The van der Waals surface area contributed by atoms with Crippen molar-refractivity contribution in [3.05, 3.63) is 57.1 Å². The van der Waals surface area contributed by atoms with Crippen molar-refractivity contribution in [1.82, 2.24) is 4.57 Å². The molecule has 0 spiro atoms. The highest BCUT2D eigenvalue weighted by Gasteiger charge is 2.22. The molecular weight excluding hydrogens is 260 g/mol. The SMILES string of the molecule is CC(Cn1ccc2c1-c1ccc(Cl)cc1C2)N=[N+]=[N-]. The molecule has 3 rings (SSSR count). The maximum absolute atomic E-state index is 8.48. The summed E-state index contributed by atoms with van der Waals surface area (Å²) in [5.74, 6) is 0. The van der Waals surface area contributed by atoms with Gasteiger partial charge in [0, 0.05) is 34.7 Å². The Morgan fingerprint density at radius 2 is 2.26 bits per heavy atom. The molecule has 5 heteroatoms. The Kier molecular flexibility index (Phi) is 2.97. The van der Waals surface area contributed by atoms with Crippen LogP contribution in [-0.2, 0) is 13.0 Å². The molecule has 0 saturated heterocycles. The van der Waals surface area contributed by atoms with Gasteiger partial charge >= 0.3 is 0 Å². The quantitative estimate of drug-likeness (QED) is 0.385. The van der Waals surface area contributed by atoms with Crippen molar-refractivity contribution in [2.75, 3.05) is 0 Å². The number of rotatable bonds is 3. The molecule has 0 aliphatic heterocycles. The summed E-state index contributed by atoms with van der Waals surface area (Å²) in [5, 5.41) is 4.51. The molecule has 1 aliphatic rings. The zero-order valence-electron chi connectivity index (χ0n) is 10.5. The van der Waals surface area contributed by atoms with Gasteiger partial charge in [-0.25, -0.2) is 0 Å². The lowest BCUT2D eigenvalue weighted by Gasteiger charge is -2.11. The fourth-order valence-corrected chi connectivity index (χ4v) is 2.89. The third kappa shape index (κ3) is 2.09. The highest BCUT2D eigenvalue weighted by molar-refractivity contribution is 6.30. The second-order valence-corrected chi connectivity index (χ2v) is 5.31. The lowest BCUT2D eigenvalue weighted by molar-refractivity contribution is 0.594. The van der Waals surface area contributed by atoms with Crippen LogP contribution >= 0.6 is 11.6 Å². The van der Waals surface area contributed by atoms with Crippen LogP contribution in [0.2, 0.25) is 5.02 Å². The topological polar surface area (TPSA) is 53.7 Å². The minimum atomic E-state index is -0.0575. The summed E-state index contributed by atoms with van der Waals surface area (Å²) in [6.07, 6.45) is 2.99. The minimum Gasteiger partial charge on any atom is -0.347 e. The molecule has 1 aliphatic carbocycles. The van der Waals surface area contributed by atoms with Crippen molar-refractivity contribution in [3.8, 4) is 11.3 Å². The van der Waals surface area contributed by atoms with E-state index in [1.54, 1.807) is 0 Å². The van der Waals surface area contributed by atoms with Gasteiger partial charge in [0.25, 0.3) is 0 Å². The third-order valence-corrected chi connectivity index (χ3v) is 3.70. The van der Waals surface area contributed by atoms with E-state index in [1.807, 2.05) is 19.1 Å². The summed E-state index contributed by atoms with van der Waals surface area (Å²) < 4.78 is 2.16. The van der Waals surface area contributed by atoms with Crippen molar-refractivity contribution < 1.29 is 0 Å². The van der Waals surface area contributed by atoms with Crippen LogP contribution in [0.15, 0.2) is 35.6 Å². The molecule has 19 heavy (non-hydrogen) atoms. The first kappa shape index (κ1) is 12.2. The molecule has 0 bridgehead atoms. The number of fused-ring (bicyclic) bond motifs is 3. The summed E-state index contributed by atoms with van der Waals surface area (Å²) in [7, 11) is 0. The normalized spacial score (nSPS) is 13.6. The van der Waals surface area contributed by atoms with Gasteiger partial charge in [0.15, 0.2) is 0 Å². The number of azide groups is 1. The molecule has 0 amide bonds. The van der Waals surface area contributed by atoms with Crippen molar-refractivity contribution in [2.45, 2.75) is 25.9 Å². The van der Waals surface area contributed by atoms with Gasteiger partial charge in [-0.1, -0.05) is 29.7 Å². The van der Waals surface area contributed by atoms with E-state index in [1.165, 1.54) is 22.4 Å². The number of halogens is 1. The highest BCUT2D eigenvalue weighted by atomic mass is 35.5. The smallest absolute Gasteiger partial charge is 0.0525 e. The van der Waals surface area contributed by atoms with E-state index in [0.717, 1.165) is 11.4 Å². The van der Waals surface area contributed by atoms with E-state index >= 15 is 0 Å².